The second kappa shape index (κ2) is 8.18. The molecule has 0 amide bonds. The number of methoxy groups -OCH3 is 1. The number of hydrogen-bond acceptors (Lipinski definition) is 5. The van der Waals surface area contributed by atoms with Gasteiger partial charge in [-0.05, 0) is 60.2 Å². The summed E-state index contributed by atoms with van der Waals surface area (Å²) in [6.45, 7) is 2.40. The van der Waals surface area contributed by atoms with E-state index in [4.69, 9.17) is 39.7 Å². The SMILES string of the molecule is COc1nc(-c2ccc(Cl)c(C)c2)nc(-c2cc(CNCl)ccc2Cl)n1. The van der Waals surface area contributed by atoms with Crippen molar-refractivity contribution in [2.75, 3.05) is 7.11 Å². The largest absolute Gasteiger partial charge is 0.467 e. The van der Waals surface area contributed by atoms with Gasteiger partial charge < -0.3 is 4.74 Å². The number of halogens is 3. The van der Waals surface area contributed by atoms with Crippen molar-refractivity contribution in [1.29, 1.82) is 0 Å². The van der Waals surface area contributed by atoms with Gasteiger partial charge in [0.05, 0.1) is 12.1 Å². The maximum Gasteiger partial charge on any atom is 0.320 e. The highest BCUT2D eigenvalue weighted by Crippen LogP contribution is 2.30. The molecule has 0 fully saturated rings. The Morgan fingerprint density at radius 1 is 0.962 bits per heavy atom. The monoisotopic (exact) mass is 408 g/mol. The van der Waals surface area contributed by atoms with Gasteiger partial charge in [-0.3, -0.25) is 0 Å². The smallest absolute Gasteiger partial charge is 0.320 e. The van der Waals surface area contributed by atoms with Crippen molar-refractivity contribution >= 4 is 35.0 Å². The van der Waals surface area contributed by atoms with Crippen LogP contribution in [0.15, 0.2) is 36.4 Å². The van der Waals surface area contributed by atoms with E-state index in [9.17, 15) is 0 Å². The van der Waals surface area contributed by atoms with Crippen LogP contribution in [0.3, 0.4) is 0 Å². The lowest BCUT2D eigenvalue weighted by Crippen LogP contribution is -2.02. The summed E-state index contributed by atoms with van der Waals surface area (Å²) in [6, 6.07) is 11.3. The number of benzene rings is 2. The highest BCUT2D eigenvalue weighted by Gasteiger charge is 2.14. The molecule has 0 aliphatic carbocycles. The molecule has 3 aromatic rings. The van der Waals surface area contributed by atoms with E-state index in [0.29, 0.717) is 33.8 Å². The third kappa shape index (κ3) is 4.07. The predicted octanol–water partition coefficient (Wildman–Crippen LogP) is 5.07. The van der Waals surface area contributed by atoms with Crippen molar-refractivity contribution in [2.24, 2.45) is 0 Å². The zero-order valence-corrected chi connectivity index (χ0v) is 16.3. The molecule has 26 heavy (non-hydrogen) atoms. The highest BCUT2D eigenvalue weighted by molar-refractivity contribution is 6.33. The number of ether oxygens (including phenoxy) is 1. The first-order valence-electron chi connectivity index (χ1n) is 7.70. The molecule has 0 radical (unpaired) electrons. The number of rotatable bonds is 5. The lowest BCUT2D eigenvalue weighted by molar-refractivity contribution is 0.379. The summed E-state index contributed by atoms with van der Waals surface area (Å²) in [5, 5.41) is 1.20. The summed E-state index contributed by atoms with van der Waals surface area (Å²) in [5.74, 6) is 0.893. The van der Waals surface area contributed by atoms with E-state index in [2.05, 4.69) is 19.8 Å². The summed E-state index contributed by atoms with van der Waals surface area (Å²) < 4.78 is 5.25. The summed E-state index contributed by atoms with van der Waals surface area (Å²) in [5.41, 5.74) is 3.35. The Morgan fingerprint density at radius 3 is 2.38 bits per heavy atom. The fourth-order valence-corrected chi connectivity index (χ4v) is 2.89. The maximum atomic E-state index is 6.36. The first kappa shape index (κ1) is 18.9. The molecule has 5 nitrogen and oxygen atoms in total. The zero-order chi connectivity index (χ0) is 18.7. The van der Waals surface area contributed by atoms with Gasteiger partial charge in [-0.25, -0.2) is 9.82 Å². The minimum Gasteiger partial charge on any atom is -0.467 e. The van der Waals surface area contributed by atoms with E-state index in [0.717, 1.165) is 16.7 Å². The van der Waals surface area contributed by atoms with Gasteiger partial charge in [-0.2, -0.15) is 9.97 Å². The molecule has 0 atom stereocenters. The van der Waals surface area contributed by atoms with Crippen molar-refractivity contribution in [3.63, 3.8) is 0 Å². The van der Waals surface area contributed by atoms with Gasteiger partial charge in [0.2, 0.25) is 0 Å². The van der Waals surface area contributed by atoms with Crippen LogP contribution in [0.2, 0.25) is 10.0 Å². The quantitative estimate of drug-likeness (QED) is 0.596. The van der Waals surface area contributed by atoms with Crippen LogP contribution in [0.5, 0.6) is 6.01 Å². The number of nitrogens with one attached hydrogen (secondary N) is 1. The minimum atomic E-state index is 0.203. The van der Waals surface area contributed by atoms with Crippen molar-refractivity contribution in [1.82, 2.24) is 19.8 Å². The van der Waals surface area contributed by atoms with Gasteiger partial charge >= 0.3 is 6.01 Å². The normalized spacial score (nSPS) is 10.8. The van der Waals surface area contributed by atoms with Crippen LogP contribution < -0.4 is 9.57 Å². The average molecular weight is 410 g/mol. The number of hydrogen-bond donors (Lipinski definition) is 1. The molecule has 1 N–H and O–H groups in total. The van der Waals surface area contributed by atoms with Gasteiger partial charge in [0, 0.05) is 22.7 Å². The van der Waals surface area contributed by atoms with Crippen molar-refractivity contribution in [2.45, 2.75) is 13.5 Å². The van der Waals surface area contributed by atoms with Gasteiger partial charge in [0.1, 0.15) is 0 Å². The fraction of sp³-hybridized carbons (Fsp3) is 0.167. The lowest BCUT2D eigenvalue weighted by Gasteiger charge is -2.10. The maximum absolute atomic E-state index is 6.36. The molecule has 134 valence electrons. The van der Waals surface area contributed by atoms with Crippen LogP contribution in [0, 0.1) is 6.92 Å². The van der Waals surface area contributed by atoms with E-state index < -0.39 is 0 Å². The van der Waals surface area contributed by atoms with Crippen molar-refractivity contribution in [3.05, 3.63) is 57.6 Å². The van der Waals surface area contributed by atoms with Crippen LogP contribution >= 0.6 is 35.0 Å². The van der Waals surface area contributed by atoms with Crippen LogP contribution in [-0.2, 0) is 6.54 Å². The molecule has 0 spiro atoms. The average Bonchev–Trinajstić information content (AvgIpc) is 2.65. The van der Waals surface area contributed by atoms with Crippen LogP contribution in [-0.4, -0.2) is 22.1 Å². The lowest BCUT2D eigenvalue weighted by atomic mass is 10.1. The molecule has 0 bridgehead atoms. The molecule has 0 saturated heterocycles. The molecule has 8 heteroatoms. The van der Waals surface area contributed by atoms with Crippen LogP contribution in [0.4, 0.5) is 0 Å². The molecule has 0 unspecified atom stereocenters. The molecule has 1 aromatic heterocycles. The molecular formula is C18H15Cl3N4O. The number of aryl methyl sites for hydroxylation is 1. The Balaban J connectivity index is 2.14. The summed E-state index contributed by atoms with van der Waals surface area (Å²) in [4.78, 5) is 15.8. The summed E-state index contributed by atoms with van der Waals surface area (Å²) >= 11 is 18.1. The molecule has 0 aliphatic rings. The minimum absolute atomic E-state index is 0.203. The van der Waals surface area contributed by atoms with E-state index in [-0.39, 0.29) is 6.01 Å². The first-order valence-corrected chi connectivity index (χ1v) is 8.84. The Morgan fingerprint density at radius 2 is 1.69 bits per heavy atom. The molecule has 0 aliphatic heterocycles. The summed E-state index contributed by atoms with van der Waals surface area (Å²) in [7, 11) is 1.51. The van der Waals surface area contributed by atoms with E-state index in [1.807, 2.05) is 37.3 Å². The molecule has 2 aromatic carbocycles. The zero-order valence-electron chi connectivity index (χ0n) is 14.1. The number of nitrogens with zero attached hydrogens (tertiary/aromatic N) is 3. The van der Waals surface area contributed by atoms with Gasteiger partial charge in [-0.1, -0.05) is 29.3 Å². The van der Waals surface area contributed by atoms with E-state index in [1.165, 1.54) is 7.11 Å². The molecule has 3 rings (SSSR count). The molecular weight excluding hydrogens is 395 g/mol. The molecule has 0 saturated carbocycles. The topological polar surface area (TPSA) is 59.9 Å². The second-order valence-electron chi connectivity index (χ2n) is 5.56. The van der Waals surface area contributed by atoms with Crippen LogP contribution in [0.25, 0.3) is 22.8 Å². The third-order valence-electron chi connectivity index (χ3n) is 3.76. The van der Waals surface area contributed by atoms with Gasteiger partial charge in [0.15, 0.2) is 11.6 Å². The highest BCUT2D eigenvalue weighted by atomic mass is 35.5. The second-order valence-corrected chi connectivity index (χ2v) is 6.64. The summed E-state index contributed by atoms with van der Waals surface area (Å²) in [6.07, 6.45) is 0. The fourth-order valence-electron chi connectivity index (χ4n) is 2.41. The van der Waals surface area contributed by atoms with E-state index >= 15 is 0 Å². The van der Waals surface area contributed by atoms with Gasteiger partial charge in [-0.15, -0.1) is 0 Å². The Kier molecular flexibility index (Phi) is 5.94. The number of aromatic nitrogens is 3. The molecule has 1 heterocycles. The standard InChI is InChI=1S/C18H15Cl3N4O/c1-10-7-12(4-6-14(10)19)16-23-17(25-18(24-16)26-2)13-8-11(9-22-21)3-5-15(13)20/h3-8,22H,9H2,1-2H3. The van der Waals surface area contributed by atoms with E-state index in [1.54, 1.807) is 6.07 Å². The Hall–Kier alpha value is -1.92. The first-order chi connectivity index (χ1) is 12.5. The third-order valence-corrected chi connectivity index (χ3v) is 4.64. The Labute approximate surface area is 166 Å². The predicted molar refractivity (Wildman–Crippen MR) is 105 cm³/mol. The Bertz CT molecular complexity index is 950. The van der Waals surface area contributed by atoms with Crippen molar-refractivity contribution < 1.29 is 4.74 Å². The van der Waals surface area contributed by atoms with Gasteiger partial charge in [0.25, 0.3) is 0 Å². The van der Waals surface area contributed by atoms with Crippen LogP contribution in [0.1, 0.15) is 11.1 Å². The van der Waals surface area contributed by atoms with Crippen molar-refractivity contribution in [3.8, 4) is 28.8 Å².